The maximum absolute atomic E-state index is 10.6. The fraction of sp³-hybridized carbons (Fsp3) is 0.273. The van der Waals surface area contributed by atoms with Gasteiger partial charge in [0.15, 0.2) is 0 Å². The van der Waals surface area contributed by atoms with E-state index in [0.29, 0.717) is 28.8 Å². The van der Waals surface area contributed by atoms with Gasteiger partial charge in [-0.2, -0.15) is 0 Å². The van der Waals surface area contributed by atoms with Crippen molar-refractivity contribution >= 4 is 29.1 Å². The molecule has 16 heavy (non-hydrogen) atoms. The van der Waals surface area contributed by atoms with Gasteiger partial charge in [-0.3, -0.25) is 4.79 Å². The fourth-order valence-electron chi connectivity index (χ4n) is 1.00. The van der Waals surface area contributed by atoms with E-state index in [9.17, 15) is 4.79 Å². The van der Waals surface area contributed by atoms with Crippen molar-refractivity contribution in [1.82, 2.24) is 10.3 Å². The first-order chi connectivity index (χ1) is 7.58. The van der Waals surface area contributed by atoms with Crippen LogP contribution < -0.4 is 5.32 Å². The van der Waals surface area contributed by atoms with E-state index in [0.717, 1.165) is 0 Å². The van der Waals surface area contributed by atoms with E-state index < -0.39 is 0 Å². The van der Waals surface area contributed by atoms with Gasteiger partial charge in [-0.1, -0.05) is 35.0 Å². The molecule has 0 saturated carbocycles. The zero-order chi connectivity index (χ0) is 12.0. The number of halogens is 2. The minimum absolute atomic E-state index is 0.0585. The summed E-state index contributed by atoms with van der Waals surface area (Å²) in [5, 5.41) is 3.29. The van der Waals surface area contributed by atoms with Crippen LogP contribution in [0.15, 0.2) is 12.1 Å². The minimum atomic E-state index is -0.0585. The number of amides is 1. The molecule has 1 aromatic rings. The van der Waals surface area contributed by atoms with E-state index in [1.54, 1.807) is 12.1 Å². The number of rotatable bonds is 2. The second-order valence-electron chi connectivity index (χ2n) is 3.04. The Bertz CT molecular complexity index is 429. The van der Waals surface area contributed by atoms with Gasteiger partial charge in [-0.25, -0.2) is 4.98 Å². The Morgan fingerprint density at radius 2 is 2.06 bits per heavy atom. The number of hydrogen-bond acceptors (Lipinski definition) is 2. The highest BCUT2D eigenvalue weighted by Crippen LogP contribution is 2.13. The molecule has 1 rings (SSSR count). The summed E-state index contributed by atoms with van der Waals surface area (Å²) in [6.07, 6.45) is 0.580. The molecule has 0 saturated heterocycles. The van der Waals surface area contributed by atoms with E-state index in [4.69, 9.17) is 23.2 Å². The van der Waals surface area contributed by atoms with Gasteiger partial charge in [0, 0.05) is 25.5 Å². The molecular formula is C11H10Cl2N2O. The lowest BCUT2D eigenvalue weighted by molar-refractivity contribution is -0.118. The highest BCUT2D eigenvalue weighted by Gasteiger charge is 1.95. The highest BCUT2D eigenvalue weighted by molar-refractivity contribution is 6.32. The van der Waals surface area contributed by atoms with E-state index >= 15 is 0 Å². The first kappa shape index (κ1) is 12.8. The van der Waals surface area contributed by atoms with Gasteiger partial charge in [0.05, 0.1) is 0 Å². The van der Waals surface area contributed by atoms with Crippen LogP contribution in [-0.2, 0) is 4.79 Å². The van der Waals surface area contributed by atoms with E-state index in [1.807, 2.05) is 0 Å². The topological polar surface area (TPSA) is 42.0 Å². The summed E-state index contributed by atoms with van der Waals surface area (Å²) in [5.41, 5.74) is 0.716. The van der Waals surface area contributed by atoms with E-state index in [1.165, 1.54) is 6.92 Å². The number of hydrogen-bond donors (Lipinski definition) is 1. The molecule has 0 aromatic carbocycles. The summed E-state index contributed by atoms with van der Waals surface area (Å²) in [6.45, 7) is 2.00. The van der Waals surface area contributed by atoms with Crippen LogP contribution in [0.2, 0.25) is 10.3 Å². The average molecular weight is 257 g/mol. The van der Waals surface area contributed by atoms with Crippen molar-refractivity contribution in [2.75, 3.05) is 6.54 Å². The van der Waals surface area contributed by atoms with Gasteiger partial charge in [0.1, 0.15) is 10.3 Å². The first-order valence-corrected chi connectivity index (χ1v) is 5.40. The molecule has 1 N–H and O–H groups in total. The smallest absolute Gasteiger partial charge is 0.216 e. The van der Waals surface area contributed by atoms with Crippen LogP contribution >= 0.6 is 23.2 Å². The second kappa shape index (κ2) is 6.37. The maximum atomic E-state index is 10.6. The third kappa shape index (κ3) is 5.01. The number of carbonyl (C=O) groups is 1. The zero-order valence-corrected chi connectivity index (χ0v) is 10.2. The maximum Gasteiger partial charge on any atom is 0.216 e. The third-order valence-corrected chi connectivity index (χ3v) is 2.01. The summed E-state index contributed by atoms with van der Waals surface area (Å²) >= 11 is 11.4. The Morgan fingerprint density at radius 1 is 1.44 bits per heavy atom. The normalized spacial score (nSPS) is 9.19. The lowest BCUT2D eigenvalue weighted by atomic mass is 10.2. The van der Waals surface area contributed by atoms with Crippen molar-refractivity contribution < 1.29 is 4.79 Å². The number of carbonyl (C=O) groups excluding carboxylic acids is 1. The molecule has 0 aliphatic heterocycles. The van der Waals surface area contributed by atoms with Crippen LogP contribution in [0.5, 0.6) is 0 Å². The Balaban J connectivity index is 2.53. The fourth-order valence-corrected chi connectivity index (χ4v) is 1.46. The molecule has 0 fully saturated rings. The first-order valence-electron chi connectivity index (χ1n) is 4.64. The molecular weight excluding hydrogens is 247 g/mol. The standard InChI is InChI=1S/C11H10Cl2N2O/c1-8(16)14-5-3-2-4-9-6-10(12)15-11(13)7-9/h6-7H,3,5H2,1H3,(H,14,16). The lowest BCUT2D eigenvalue weighted by Gasteiger charge is -1.95. The molecule has 84 valence electrons. The molecule has 0 radical (unpaired) electrons. The average Bonchev–Trinajstić information content (AvgIpc) is 2.15. The molecule has 1 aromatic heterocycles. The van der Waals surface area contributed by atoms with Gasteiger partial charge >= 0.3 is 0 Å². The number of nitrogens with one attached hydrogen (secondary N) is 1. The van der Waals surface area contributed by atoms with Crippen LogP contribution in [-0.4, -0.2) is 17.4 Å². The van der Waals surface area contributed by atoms with Gasteiger partial charge < -0.3 is 5.32 Å². The molecule has 0 aliphatic rings. The van der Waals surface area contributed by atoms with Crippen LogP contribution in [0.3, 0.4) is 0 Å². The van der Waals surface area contributed by atoms with E-state index in [2.05, 4.69) is 22.1 Å². The van der Waals surface area contributed by atoms with Crippen molar-refractivity contribution in [3.05, 3.63) is 28.0 Å². The Hall–Kier alpha value is -1.24. The lowest BCUT2D eigenvalue weighted by Crippen LogP contribution is -2.20. The molecule has 1 amide bonds. The second-order valence-corrected chi connectivity index (χ2v) is 3.81. The predicted molar refractivity (Wildman–Crippen MR) is 64.4 cm³/mol. The largest absolute Gasteiger partial charge is 0.355 e. The van der Waals surface area contributed by atoms with Gasteiger partial charge in [0.25, 0.3) is 0 Å². The summed E-state index contributed by atoms with van der Waals surface area (Å²) < 4.78 is 0. The van der Waals surface area contributed by atoms with Crippen molar-refractivity contribution in [2.24, 2.45) is 0 Å². The summed E-state index contributed by atoms with van der Waals surface area (Å²) in [5.74, 6) is 5.73. The van der Waals surface area contributed by atoms with Crippen molar-refractivity contribution in [3.63, 3.8) is 0 Å². The van der Waals surface area contributed by atoms with Gasteiger partial charge in [-0.05, 0) is 12.1 Å². The van der Waals surface area contributed by atoms with E-state index in [-0.39, 0.29) is 5.91 Å². The number of pyridine rings is 1. The number of nitrogens with zero attached hydrogens (tertiary/aromatic N) is 1. The minimum Gasteiger partial charge on any atom is -0.355 e. The quantitative estimate of drug-likeness (QED) is 0.501. The Kier molecular flexibility index (Phi) is 5.10. The highest BCUT2D eigenvalue weighted by atomic mass is 35.5. The zero-order valence-electron chi connectivity index (χ0n) is 8.68. The molecule has 0 atom stereocenters. The SMILES string of the molecule is CC(=O)NCCC#Cc1cc(Cl)nc(Cl)c1. The Morgan fingerprint density at radius 3 is 2.62 bits per heavy atom. The monoisotopic (exact) mass is 256 g/mol. The molecule has 0 unspecified atom stereocenters. The molecule has 0 aliphatic carbocycles. The molecule has 5 heteroatoms. The molecule has 0 spiro atoms. The predicted octanol–water partition coefficient (Wildman–Crippen LogP) is 2.27. The van der Waals surface area contributed by atoms with Gasteiger partial charge in [0.2, 0.25) is 5.91 Å². The van der Waals surface area contributed by atoms with Crippen molar-refractivity contribution in [1.29, 1.82) is 0 Å². The molecule has 3 nitrogen and oxygen atoms in total. The van der Waals surface area contributed by atoms with Crippen LogP contribution in [0.25, 0.3) is 0 Å². The summed E-state index contributed by atoms with van der Waals surface area (Å²) in [7, 11) is 0. The van der Waals surface area contributed by atoms with Gasteiger partial charge in [-0.15, -0.1) is 0 Å². The number of aromatic nitrogens is 1. The Labute approximate surface area is 104 Å². The summed E-state index contributed by atoms with van der Waals surface area (Å²) in [4.78, 5) is 14.4. The van der Waals surface area contributed by atoms with Crippen molar-refractivity contribution in [2.45, 2.75) is 13.3 Å². The molecule has 1 heterocycles. The third-order valence-electron chi connectivity index (χ3n) is 1.62. The van der Waals surface area contributed by atoms with Crippen molar-refractivity contribution in [3.8, 4) is 11.8 Å². The van der Waals surface area contributed by atoms with Crippen LogP contribution in [0.1, 0.15) is 18.9 Å². The summed E-state index contributed by atoms with van der Waals surface area (Å²) in [6, 6.07) is 3.28. The van der Waals surface area contributed by atoms with Crippen LogP contribution in [0, 0.1) is 11.8 Å². The van der Waals surface area contributed by atoms with Crippen LogP contribution in [0.4, 0.5) is 0 Å². The molecule has 0 bridgehead atoms.